The number of thiazole rings is 1. The van der Waals surface area contributed by atoms with Gasteiger partial charge in [0.1, 0.15) is 16.4 Å². The number of carbonyl (C=O) groups is 2. The Labute approximate surface area is 201 Å². The Morgan fingerprint density at radius 2 is 2.06 bits per heavy atom. The third-order valence-electron chi connectivity index (χ3n) is 6.39. The zero-order valence-corrected chi connectivity index (χ0v) is 19.6. The number of fused-ring (bicyclic) bond motifs is 2. The van der Waals surface area contributed by atoms with Gasteiger partial charge in [0.15, 0.2) is 0 Å². The Balaban J connectivity index is 1.10. The molecular formula is C24H28N6O3S. The molecule has 3 N–H and O–H groups in total. The fourth-order valence-corrected chi connectivity index (χ4v) is 5.15. The second-order valence-corrected chi connectivity index (χ2v) is 9.77. The van der Waals surface area contributed by atoms with Crippen molar-refractivity contribution >= 4 is 23.2 Å². The molecule has 34 heavy (non-hydrogen) atoms. The first kappa shape index (κ1) is 22.7. The molecule has 0 saturated carbocycles. The first-order chi connectivity index (χ1) is 16.5. The number of benzene rings is 1. The van der Waals surface area contributed by atoms with Crippen LogP contribution in [-0.2, 0) is 25.9 Å². The molecule has 2 aliphatic rings. The summed E-state index contributed by atoms with van der Waals surface area (Å²) in [5.74, 6) is 0.413. The highest BCUT2D eigenvalue weighted by Gasteiger charge is 2.25. The van der Waals surface area contributed by atoms with E-state index in [-0.39, 0.29) is 24.4 Å². The van der Waals surface area contributed by atoms with Gasteiger partial charge in [0.2, 0.25) is 0 Å². The smallest absolute Gasteiger partial charge is 0.271 e. The van der Waals surface area contributed by atoms with Crippen LogP contribution >= 0.6 is 11.3 Å². The molecule has 3 aromatic rings. The van der Waals surface area contributed by atoms with Crippen LogP contribution in [0.3, 0.4) is 0 Å². The zero-order chi connectivity index (χ0) is 23.5. The van der Waals surface area contributed by atoms with Gasteiger partial charge in [-0.05, 0) is 24.0 Å². The maximum Gasteiger partial charge on any atom is 0.271 e. The number of aliphatic hydroxyl groups excluding tert-OH is 1. The molecule has 2 aliphatic heterocycles. The van der Waals surface area contributed by atoms with Gasteiger partial charge in [-0.15, -0.1) is 11.3 Å². The largest absolute Gasteiger partial charge is 0.390 e. The van der Waals surface area contributed by atoms with Crippen molar-refractivity contribution in [2.75, 3.05) is 19.6 Å². The fourth-order valence-electron chi connectivity index (χ4n) is 4.63. The highest BCUT2D eigenvalue weighted by molar-refractivity contribution is 7.11. The van der Waals surface area contributed by atoms with Gasteiger partial charge in [0.25, 0.3) is 11.8 Å². The molecule has 178 valence electrons. The molecule has 1 unspecified atom stereocenters. The van der Waals surface area contributed by atoms with Gasteiger partial charge in [0, 0.05) is 51.4 Å². The highest BCUT2D eigenvalue weighted by Crippen LogP contribution is 2.19. The first-order valence-electron chi connectivity index (χ1n) is 11.6. The third kappa shape index (κ3) is 5.19. The number of aliphatic hydroxyl groups is 1. The van der Waals surface area contributed by atoms with E-state index in [1.807, 2.05) is 10.6 Å². The lowest BCUT2D eigenvalue weighted by Crippen LogP contribution is -2.42. The van der Waals surface area contributed by atoms with Crippen LogP contribution in [0.4, 0.5) is 0 Å². The molecule has 1 aromatic carbocycles. The number of β-amino-alcohol motifs (C(OH)–C–C–N with tert-alkyl or cyclic N) is 1. The van der Waals surface area contributed by atoms with Crippen molar-refractivity contribution in [1.82, 2.24) is 30.1 Å². The fraction of sp³-hybridized carbons (Fsp3) is 0.417. The van der Waals surface area contributed by atoms with Crippen molar-refractivity contribution in [1.29, 1.82) is 0 Å². The molecule has 2 aromatic heterocycles. The molecule has 0 fully saturated rings. The lowest BCUT2D eigenvalue weighted by molar-refractivity contribution is 0.0838. The molecule has 0 spiro atoms. The minimum absolute atomic E-state index is 0.0243. The molecule has 10 heteroatoms. The van der Waals surface area contributed by atoms with Crippen molar-refractivity contribution in [3.05, 3.63) is 69.7 Å². The van der Waals surface area contributed by atoms with Gasteiger partial charge in [-0.2, -0.15) is 0 Å². The van der Waals surface area contributed by atoms with E-state index in [0.29, 0.717) is 30.1 Å². The summed E-state index contributed by atoms with van der Waals surface area (Å²) >= 11 is 1.31. The summed E-state index contributed by atoms with van der Waals surface area (Å²) in [6, 6.07) is 8.37. The van der Waals surface area contributed by atoms with Crippen molar-refractivity contribution in [2.24, 2.45) is 0 Å². The van der Waals surface area contributed by atoms with Crippen LogP contribution in [0.2, 0.25) is 0 Å². The number of amides is 2. The lowest BCUT2D eigenvalue weighted by atomic mass is 10.00. The van der Waals surface area contributed by atoms with Gasteiger partial charge >= 0.3 is 0 Å². The molecular weight excluding hydrogens is 452 g/mol. The number of aromatic nitrogens is 3. The lowest BCUT2D eigenvalue weighted by Gasteiger charge is -2.30. The van der Waals surface area contributed by atoms with E-state index in [1.54, 1.807) is 17.9 Å². The second kappa shape index (κ2) is 10.0. The van der Waals surface area contributed by atoms with E-state index in [1.165, 1.54) is 22.5 Å². The Morgan fingerprint density at radius 3 is 2.88 bits per heavy atom. The summed E-state index contributed by atoms with van der Waals surface area (Å²) in [6.07, 6.45) is 5.05. The average Bonchev–Trinajstić information content (AvgIpc) is 3.52. The summed E-state index contributed by atoms with van der Waals surface area (Å²) in [7, 11) is 0. The Bertz CT molecular complexity index is 1160. The molecule has 5 rings (SSSR count). The molecule has 2 atom stereocenters. The van der Waals surface area contributed by atoms with E-state index < -0.39 is 6.10 Å². The van der Waals surface area contributed by atoms with Crippen LogP contribution in [0.1, 0.15) is 43.5 Å². The van der Waals surface area contributed by atoms with Crippen LogP contribution in [-0.4, -0.2) is 68.1 Å². The van der Waals surface area contributed by atoms with Gasteiger partial charge in [0.05, 0.1) is 17.8 Å². The Kier molecular flexibility index (Phi) is 6.70. The topological polar surface area (TPSA) is 112 Å². The normalized spacial score (nSPS) is 18.6. The van der Waals surface area contributed by atoms with Crippen molar-refractivity contribution in [2.45, 2.75) is 44.5 Å². The molecule has 4 heterocycles. The number of nitrogens with zero attached hydrogens (tertiary/aromatic N) is 4. The standard InChI is InChI=1S/C24H28N6O3S/c31-19(13-29-8-7-16-3-1-2-4-17(16)11-29)9-26-23(32)20-14-30-12-18(5-6-22(30)28-20)27-24(33)21-10-25-15-34-21/h1-4,10,14-15,18-19,31H,5-9,11-13H2,(H,26,32)(H,27,33)/t18?,19-/m0/s1. The van der Waals surface area contributed by atoms with Crippen LogP contribution in [0.25, 0.3) is 0 Å². The summed E-state index contributed by atoms with van der Waals surface area (Å²) in [5.41, 5.74) is 4.64. The van der Waals surface area contributed by atoms with E-state index in [0.717, 1.165) is 31.8 Å². The third-order valence-corrected chi connectivity index (χ3v) is 7.17. The zero-order valence-electron chi connectivity index (χ0n) is 18.8. The Morgan fingerprint density at radius 1 is 1.21 bits per heavy atom. The number of carbonyl (C=O) groups excluding carboxylic acids is 2. The van der Waals surface area contributed by atoms with E-state index in [9.17, 15) is 14.7 Å². The van der Waals surface area contributed by atoms with Crippen LogP contribution in [0, 0.1) is 0 Å². The minimum atomic E-state index is -0.655. The Hall–Kier alpha value is -3.08. The molecule has 9 nitrogen and oxygen atoms in total. The molecule has 0 bridgehead atoms. The molecule has 0 saturated heterocycles. The number of nitrogens with one attached hydrogen (secondary N) is 2. The average molecular weight is 481 g/mol. The van der Waals surface area contributed by atoms with Crippen LogP contribution in [0.15, 0.2) is 42.2 Å². The van der Waals surface area contributed by atoms with Crippen molar-refractivity contribution in [3.8, 4) is 0 Å². The number of hydrogen-bond acceptors (Lipinski definition) is 7. The second-order valence-electron chi connectivity index (χ2n) is 8.89. The summed E-state index contributed by atoms with van der Waals surface area (Å²) in [4.78, 5) is 36.2. The summed E-state index contributed by atoms with van der Waals surface area (Å²) in [5, 5.41) is 16.3. The number of imidazole rings is 1. The van der Waals surface area contributed by atoms with Gasteiger partial charge in [-0.1, -0.05) is 24.3 Å². The van der Waals surface area contributed by atoms with Gasteiger partial charge in [-0.25, -0.2) is 4.98 Å². The van der Waals surface area contributed by atoms with Crippen LogP contribution < -0.4 is 10.6 Å². The summed E-state index contributed by atoms with van der Waals surface area (Å²) < 4.78 is 1.93. The maximum atomic E-state index is 12.7. The van der Waals surface area contributed by atoms with Gasteiger partial charge in [-0.3, -0.25) is 19.5 Å². The van der Waals surface area contributed by atoms with Crippen LogP contribution in [0.5, 0.6) is 0 Å². The van der Waals surface area contributed by atoms with E-state index in [4.69, 9.17) is 0 Å². The number of rotatable bonds is 7. The monoisotopic (exact) mass is 480 g/mol. The van der Waals surface area contributed by atoms with Crippen molar-refractivity contribution in [3.63, 3.8) is 0 Å². The van der Waals surface area contributed by atoms with Gasteiger partial charge < -0.3 is 20.3 Å². The molecule has 0 radical (unpaired) electrons. The van der Waals surface area contributed by atoms with E-state index >= 15 is 0 Å². The highest BCUT2D eigenvalue weighted by atomic mass is 32.1. The number of hydrogen-bond donors (Lipinski definition) is 3. The predicted octanol–water partition coefficient (Wildman–Crippen LogP) is 1.23. The number of aryl methyl sites for hydroxylation is 1. The quantitative estimate of drug-likeness (QED) is 0.469. The SMILES string of the molecule is O=C(NC[C@H](O)CN1CCc2ccccc2C1)c1cn2c(n1)CCC(NC(=O)c1cncs1)C2. The van der Waals surface area contributed by atoms with Crippen molar-refractivity contribution < 1.29 is 14.7 Å². The maximum absolute atomic E-state index is 12.7. The van der Waals surface area contributed by atoms with E-state index in [2.05, 4.69) is 43.7 Å². The summed E-state index contributed by atoms with van der Waals surface area (Å²) in [6.45, 7) is 2.97. The molecule has 2 amide bonds. The first-order valence-corrected chi connectivity index (χ1v) is 12.4. The minimum Gasteiger partial charge on any atom is -0.390 e. The molecule has 0 aliphatic carbocycles. The predicted molar refractivity (Wildman–Crippen MR) is 128 cm³/mol.